The van der Waals surface area contributed by atoms with Crippen LogP contribution in [-0.2, 0) is 28.7 Å². The van der Waals surface area contributed by atoms with Crippen LogP contribution in [0.2, 0.25) is 0 Å². The summed E-state index contributed by atoms with van der Waals surface area (Å²) in [7, 11) is 4.27. The van der Waals surface area contributed by atoms with Crippen LogP contribution in [0.15, 0.2) is 34.1 Å². The average molecular weight is 623 g/mol. The lowest BCUT2D eigenvalue weighted by Gasteiger charge is -2.60. The quantitative estimate of drug-likeness (QED) is 0.198. The van der Waals surface area contributed by atoms with Crippen molar-refractivity contribution in [1.82, 2.24) is 9.80 Å². The van der Waals surface area contributed by atoms with Gasteiger partial charge in [0.25, 0.3) is 0 Å². The molecule has 12 heteroatoms. The van der Waals surface area contributed by atoms with E-state index in [1.54, 1.807) is 43.7 Å². The SMILES string of the molecule is C/C=C(/C)C(=O)OCC1C2=C(CC3[C@H]4c5c(O)c(OC)c(C)c(O)c5C(=O)[C@@H]([C@H](C(=O)CC)N13)N4C)C(=O)C(C)=C(OC)C2=O. The monoisotopic (exact) mass is 622 g/mol. The van der Waals surface area contributed by atoms with Crippen LogP contribution in [0.4, 0.5) is 0 Å². The molecule has 3 heterocycles. The molecule has 2 bridgehead atoms. The first-order valence-electron chi connectivity index (χ1n) is 14.8. The van der Waals surface area contributed by atoms with Crippen molar-refractivity contribution in [3.05, 3.63) is 50.8 Å². The molecule has 0 aromatic heterocycles. The summed E-state index contributed by atoms with van der Waals surface area (Å²) in [6, 6.07) is -5.01. The molecule has 0 saturated carbocycles. The van der Waals surface area contributed by atoms with Crippen LogP contribution in [0, 0.1) is 6.92 Å². The number of phenols is 2. The lowest BCUT2D eigenvalue weighted by atomic mass is 9.68. The molecule has 1 fully saturated rings. The van der Waals surface area contributed by atoms with Gasteiger partial charge in [-0.3, -0.25) is 29.0 Å². The normalized spacial score (nSPS) is 26.8. The Balaban J connectivity index is 1.81. The Kier molecular flexibility index (Phi) is 8.26. The zero-order valence-electron chi connectivity index (χ0n) is 26.6. The van der Waals surface area contributed by atoms with E-state index < -0.39 is 60.1 Å². The first-order chi connectivity index (χ1) is 21.3. The van der Waals surface area contributed by atoms with Gasteiger partial charge in [0.1, 0.15) is 12.4 Å². The number of aromatic hydroxyl groups is 2. The predicted octanol–water partition coefficient (Wildman–Crippen LogP) is 2.64. The van der Waals surface area contributed by atoms with Gasteiger partial charge in [-0.15, -0.1) is 0 Å². The van der Waals surface area contributed by atoms with Gasteiger partial charge in [0, 0.05) is 45.9 Å². The number of hydrogen-bond acceptors (Lipinski definition) is 12. The molecule has 45 heavy (non-hydrogen) atoms. The van der Waals surface area contributed by atoms with Crippen LogP contribution in [0.5, 0.6) is 17.2 Å². The van der Waals surface area contributed by atoms with Crippen LogP contribution in [0.1, 0.15) is 68.1 Å². The number of likely N-dealkylation sites (N-methyl/N-ethyl adjacent to an activating group) is 1. The summed E-state index contributed by atoms with van der Waals surface area (Å²) in [5.41, 5.74) is 0.817. The number of ketones is 4. The summed E-state index contributed by atoms with van der Waals surface area (Å²) < 4.78 is 16.5. The van der Waals surface area contributed by atoms with Crippen molar-refractivity contribution in [3.8, 4) is 17.2 Å². The molecule has 1 aliphatic carbocycles. The zero-order valence-corrected chi connectivity index (χ0v) is 26.6. The second-order valence-corrected chi connectivity index (χ2v) is 11.8. The third-order valence-corrected chi connectivity index (χ3v) is 9.78. The van der Waals surface area contributed by atoms with Crippen LogP contribution < -0.4 is 4.74 Å². The second kappa shape index (κ2) is 11.6. The van der Waals surface area contributed by atoms with Gasteiger partial charge in [0.2, 0.25) is 5.78 Å². The first kappa shape index (κ1) is 32.1. The minimum Gasteiger partial charge on any atom is -0.507 e. The number of benzene rings is 1. The highest BCUT2D eigenvalue weighted by atomic mass is 16.5. The highest BCUT2D eigenvalue weighted by molar-refractivity contribution is 6.25. The van der Waals surface area contributed by atoms with Crippen molar-refractivity contribution < 1.29 is 48.4 Å². The molecule has 0 radical (unpaired) electrons. The van der Waals surface area contributed by atoms with E-state index in [0.29, 0.717) is 5.57 Å². The maximum Gasteiger partial charge on any atom is 0.333 e. The smallest absolute Gasteiger partial charge is 0.333 e. The standard InChI is InChI=1S/C33H38N2O10/c1-9-13(3)33(42)45-12-18-20-16(26(37)14(4)31(43-7)29(20)40)11-17-23-21-22(27(38)15(5)32(44-8)30(21)41)28(39)25(34(23)6)24(35(17)18)19(36)10-2/h9,17-18,23-25,38,41H,10-12H2,1-8H3/b13-9-/t17?,18?,23-,24-,25+/m0/s1. The number of nitrogens with zero attached hydrogens (tertiary/aromatic N) is 2. The number of ether oxygens (including phenoxy) is 3. The molecule has 4 aliphatic rings. The van der Waals surface area contributed by atoms with Crippen molar-refractivity contribution in [1.29, 1.82) is 0 Å². The van der Waals surface area contributed by atoms with Gasteiger partial charge in [-0.25, -0.2) is 4.79 Å². The Morgan fingerprint density at radius 1 is 1.02 bits per heavy atom. The first-order valence-corrected chi connectivity index (χ1v) is 14.8. The largest absolute Gasteiger partial charge is 0.507 e. The molecular formula is C33H38N2O10. The summed E-state index contributed by atoms with van der Waals surface area (Å²) in [5.74, 6) is -3.41. The van der Waals surface area contributed by atoms with E-state index >= 15 is 0 Å². The lowest BCUT2D eigenvalue weighted by molar-refractivity contribution is -0.148. The predicted molar refractivity (Wildman–Crippen MR) is 160 cm³/mol. The van der Waals surface area contributed by atoms with E-state index in [0.717, 1.165) is 0 Å². The summed E-state index contributed by atoms with van der Waals surface area (Å²) in [6.45, 7) is 7.52. The number of esters is 1. The molecule has 1 aromatic rings. The van der Waals surface area contributed by atoms with Gasteiger partial charge in [-0.1, -0.05) is 13.0 Å². The van der Waals surface area contributed by atoms with Crippen molar-refractivity contribution in [2.24, 2.45) is 0 Å². The molecule has 1 aromatic carbocycles. The van der Waals surface area contributed by atoms with Gasteiger partial charge in [0.15, 0.2) is 34.6 Å². The minimum atomic E-state index is -1.15. The molecular weight excluding hydrogens is 584 g/mol. The lowest BCUT2D eigenvalue weighted by Crippen LogP contribution is -2.74. The van der Waals surface area contributed by atoms with E-state index in [9.17, 15) is 34.2 Å². The summed E-state index contributed by atoms with van der Waals surface area (Å²) in [5, 5.41) is 22.8. The number of allylic oxidation sites excluding steroid dienone is 3. The van der Waals surface area contributed by atoms with Crippen LogP contribution in [0.25, 0.3) is 0 Å². The van der Waals surface area contributed by atoms with Crippen LogP contribution in [0.3, 0.4) is 0 Å². The number of methoxy groups -OCH3 is 2. The maximum absolute atomic E-state index is 14.3. The van der Waals surface area contributed by atoms with E-state index in [1.807, 2.05) is 0 Å². The Morgan fingerprint density at radius 2 is 1.69 bits per heavy atom. The van der Waals surface area contributed by atoms with E-state index in [2.05, 4.69) is 0 Å². The molecule has 240 valence electrons. The fraction of sp³-hybridized carbons (Fsp3) is 0.485. The van der Waals surface area contributed by atoms with Crippen molar-refractivity contribution in [3.63, 3.8) is 0 Å². The number of carbonyl (C=O) groups excluding carboxylic acids is 5. The number of Topliss-reactive ketones (excluding diaryl/α,β-unsaturated/α-hetero) is 4. The third kappa shape index (κ3) is 4.45. The van der Waals surface area contributed by atoms with Gasteiger partial charge in [-0.05, 0) is 41.2 Å². The number of carbonyl (C=O) groups is 5. The Hall–Kier alpha value is -4.29. The summed E-state index contributed by atoms with van der Waals surface area (Å²) in [4.78, 5) is 72.3. The molecule has 2 N–H and O–H groups in total. The molecule has 3 aliphatic heterocycles. The van der Waals surface area contributed by atoms with E-state index in [-0.39, 0.29) is 75.0 Å². The maximum atomic E-state index is 14.3. The fourth-order valence-corrected chi connectivity index (χ4v) is 7.49. The minimum absolute atomic E-state index is 0.0142. The summed E-state index contributed by atoms with van der Waals surface area (Å²) in [6.07, 6.45) is 1.57. The van der Waals surface area contributed by atoms with E-state index in [4.69, 9.17) is 14.2 Å². The number of rotatable bonds is 7. The van der Waals surface area contributed by atoms with Gasteiger partial charge in [0.05, 0.1) is 44.0 Å². The van der Waals surface area contributed by atoms with Crippen LogP contribution >= 0.6 is 0 Å². The summed E-state index contributed by atoms with van der Waals surface area (Å²) >= 11 is 0. The molecule has 12 nitrogen and oxygen atoms in total. The topological polar surface area (TPSA) is 160 Å². The van der Waals surface area contributed by atoms with Crippen molar-refractivity contribution >= 4 is 29.1 Å². The van der Waals surface area contributed by atoms with Gasteiger partial charge < -0.3 is 24.4 Å². The Labute approximate surface area is 260 Å². The Morgan fingerprint density at radius 3 is 2.27 bits per heavy atom. The molecule has 5 rings (SSSR count). The number of piperazine rings is 1. The third-order valence-electron chi connectivity index (χ3n) is 9.78. The number of phenolic OH excluding ortho intramolecular Hbond substituents is 2. The molecule has 1 saturated heterocycles. The molecule has 5 atom stereocenters. The van der Waals surface area contributed by atoms with Gasteiger partial charge in [-0.2, -0.15) is 0 Å². The van der Waals surface area contributed by atoms with E-state index in [1.165, 1.54) is 28.1 Å². The number of hydrogen-bond donors (Lipinski definition) is 2. The molecule has 0 amide bonds. The molecule has 0 spiro atoms. The number of fused-ring (bicyclic) bond motifs is 6. The zero-order chi connectivity index (χ0) is 33.2. The highest BCUT2D eigenvalue weighted by Gasteiger charge is 2.62. The highest BCUT2D eigenvalue weighted by Crippen LogP contribution is 2.56. The second-order valence-electron chi connectivity index (χ2n) is 11.8. The van der Waals surface area contributed by atoms with Crippen LogP contribution in [-0.4, -0.2) is 101 Å². The Bertz CT molecular complexity index is 1650. The average Bonchev–Trinajstić information content (AvgIpc) is 3.02. The fourth-order valence-electron chi connectivity index (χ4n) is 7.49. The molecule has 2 unspecified atom stereocenters. The van der Waals surface area contributed by atoms with Crippen molar-refractivity contribution in [2.45, 2.75) is 77.7 Å². The van der Waals surface area contributed by atoms with Gasteiger partial charge >= 0.3 is 5.97 Å². The van der Waals surface area contributed by atoms with Crippen molar-refractivity contribution in [2.75, 3.05) is 27.9 Å².